The molecular formula is C10H12N2O4S. The highest BCUT2D eigenvalue weighted by molar-refractivity contribution is 7.93. The van der Waals surface area contributed by atoms with Gasteiger partial charge in [0.25, 0.3) is 0 Å². The molecule has 17 heavy (non-hydrogen) atoms. The first-order valence-corrected chi connectivity index (χ1v) is 6.81. The molecule has 1 saturated carbocycles. The summed E-state index contributed by atoms with van der Waals surface area (Å²) < 4.78 is 36.4. The number of hydrogen-bond donors (Lipinski definition) is 2. The van der Waals surface area contributed by atoms with Crippen LogP contribution in [0.2, 0.25) is 0 Å². The molecule has 1 aromatic rings. The van der Waals surface area contributed by atoms with Crippen molar-refractivity contribution in [2.24, 2.45) is 0 Å². The summed E-state index contributed by atoms with van der Waals surface area (Å²) in [6.45, 7) is 0.133. The van der Waals surface area contributed by atoms with Crippen molar-refractivity contribution in [1.82, 2.24) is 0 Å². The number of hydrogen-bond acceptors (Lipinski definition) is 5. The Balaban J connectivity index is 1.93. The highest BCUT2D eigenvalue weighted by Crippen LogP contribution is 2.39. The molecule has 1 aliphatic carbocycles. The predicted molar refractivity (Wildman–Crippen MR) is 62.5 cm³/mol. The maximum Gasteiger partial charge on any atom is 0.235 e. The van der Waals surface area contributed by atoms with Crippen molar-refractivity contribution in [2.75, 3.05) is 17.2 Å². The van der Waals surface area contributed by atoms with Gasteiger partial charge in [-0.25, -0.2) is 8.42 Å². The molecule has 0 amide bonds. The predicted octanol–water partition coefficient (Wildman–Crippen LogP) is 0.902. The van der Waals surface area contributed by atoms with Crippen molar-refractivity contribution in [3.8, 4) is 11.5 Å². The van der Waals surface area contributed by atoms with E-state index in [1.54, 1.807) is 12.1 Å². The Kier molecular flexibility index (Phi) is 2.12. The summed E-state index contributed by atoms with van der Waals surface area (Å²) in [7, 11) is -3.31. The second-order valence-electron chi connectivity index (χ2n) is 4.14. The Morgan fingerprint density at radius 1 is 1.24 bits per heavy atom. The zero-order valence-corrected chi connectivity index (χ0v) is 9.79. The molecule has 3 N–H and O–H groups in total. The summed E-state index contributed by atoms with van der Waals surface area (Å²) >= 11 is 0. The topological polar surface area (TPSA) is 90.7 Å². The number of nitrogen functional groups attached to an aromatic ring is 1. The molecular weight excluding hydrogens is 244 g/mol. The average molecular weight is 256 g/mol. The summed E-state index contributed by atoms with van der Waals surface area (Å²) in [5.74, 6) is 1.05. The van der Waals surface area contributed by atoms with Gasteiger partial charge in [0.2, 0.25) is 16.8 Å². The molecule has 0 spiro atoms. The first-order valence-electron chi connectivity index (χ1n) is 5.27. The molecule has 1 heterocycles. The number of nitrogens with one attached hydrogen (secondary N) is 1. The fourth-order valence-corrected chi connectivity index (χ4v) is 3.07. The van der Waals surface area contributed by atoms with Gasteiger partial charge < -0.3 is 15.2 Å². The zero-order chi connectivity index (χ0) is 12.0. The monoisotopic (exact) mass is 256 g/mol. The van der Waals surface area contributed by atoms with E-state index in [4.69, 9.17) is 15.2 Å². The van der Waals surface area contributed by atoms with Crippen LogP contribution in [0, 0.1) is 0 Å². The van der Waals surface area contributed by atoms with Gasteiger partial charge >= 0.3 is 0 Å². The van der Waals surface area contributed by atoms with Crippen LogP contribution in [0.4, 0.5) is 11.4 Å². The summed E-state index contributed by atoms with van der Waals surface area (Å²) in [6.07, 6.45) is 1.42. The van der Waals surface area contributed by atoms with E-state index in [9.17, 15) is 8.42 Å². The largest absolute Gasteiger partial charge is 0.454 e. The Morgan fingerprint density at radius 2 is 1.88 bits per heavy atom. The lowest BCUT2D eigenvalue weighted by molar-refractivity contribution is 0.174. The summed E-state index contributed by atoms with van der Waals surface area (Å²) in [5, 5.41) is -0.285. The van der Waals surface area contributed by atoms with Crippen LogP contribution in [0.15, 0.2) is 12.1 Å². The summed E-state index contributed by atoms with van der Waals surface area (Å²) in [6, 6.07) is 3.12. The fourth-order valence-electron chi connectivity index (χ4n) is 1.66. The molecule has 3 rings (SSSR count). The molecule has 0 saturated heterocycles. The van der Waals surface area contributed by atoms with Gasteiger partial charge in [-0.1, -0.05) is 0 Å². The number of anilines is 2. The normalized spacial score (nSPS) is 18.1. The zero-order valence-electron chi connectivity index (χ0n) is 8.97. The highest BCUT2D eigenvalue weighted by Gasteiger charge is 2.36. The van der Waals surface area contributed by atoms with E-state index in [1.807, 2.05) is 0 Å². The molecule has 1 aliphatic heterocycles. The maximum atomic E-state index is 11.8. The van der Waals surface area contributed by atoms with Crippen LogP contribution in [0.5, 0.6) is 11.5 Å². The minimum absolute atomic E-state index is 0.133. The third-order valence-electron chi connectivity index (χ3n) is 2.76. The molecule has 0 bridgehead atoms. The van der Waals surface area contributed by atoms with Crippen LogP contribution in [-0.4, -0.2) is 20.5 Å². The van der Waals surface area contributed by atoms with Gasteiger partial charge in [-0.3, -0.25) is 4.72 Å². The standard InChI is InChI=1S/C10H12N2O4S/c11-7-3-9-10(16-5-15-9)4-8(7)12-17(13,14)6-1-2-6/h3-4,6,12H,1-2,5,11H2. The number of nitrogens with two attached hydrogens (primary N) is 1. The highest BCUT2D eigenvalue weighted by atomic mass is 32.2. The lowest BCUT2D eigenvalue weighted by Crippen LogP contribution is -2.18. The maximum absolute atomic E-state index is 11.8. The molecule has 6 nitrogen and oxygen atoms in total. The minimum Gasteiger partial charge on any atom is -0.454 e. The average Bonchev–Trinajstić information content (AvgIpc) is 3.02. The Hall–Kier alpha value is -1.63. The molecule has 1 aromatic carbocycles. The molecule has 7 heteroatoms. The van der Waals surface area contributed by atoms with Crippen LogP contribution >= 0.6 is 0 Å². The number of sulfonamides is 1. The molecule has 2 aliphatic rings. The SMILES string of the molecule is Nc1cc2c(cc1NS(=O)(=O)C1CC1)OCO2. The molecule has 0 unspecified atom stereocenters. The third kappa shape index (κ3) is 1.86. The number of ether oxygens (including phenoxy) is 2. The second-order valence-corrected chi connectivity index (χ2v) is 6.10. The number of benzene rings is 1. The van der Waals surface area contributed by atoms with Crippen molar-refractivity contribution in [3.05, 3.63) is 12.1 Å². The van der Waals surface area contributed by atoms with Crippen molar-refractivity contribution in [2.45, 2.75) is 18.1 Å². The van der Waals surface area contributed by atoms with Crippen LogP contribution in [0.1, 0.15) is 12.8 Å². The lowest BCUT2D eigenvalue weighted by Gasteiger charge is -2.10. The van der Waals surface area contributed by atoms with Gasteiger partial charge in [-0.05, 0) is 12.8 Å². The molecule has 92 valence electrons. The van der Waals surface area contributed by atoms with E-state index in [0.717, 1.165) is 0 Å². The Morgan fingerprint density at radius 3 is 2.53 bits per heavy atom. The quantitative estimate of drug-likeness (QED) is 0.784. The van der Waals surface area contributed by atoms with E-state index >= 15 is 0 Å². The van der Waals surface area contributed by atoms with Gasteiger partial charge in [0, 0.05) is 12.1 Å². The molecule has 0 aromatic heterocycles. The van der Waals surface area contributed by atoms with Crippen molar-refractivity contribution in [3.63, 3.8) is 0 Å². The van der Waals surface area contributed by atoms with Gasteiger partial charge in [0.1, 0.15) is 0 Å². The van der Waals surface area contributed by atoms with E-state index in [-0.39, 0.29) is 12.0 Å². The van der Waals surface area contributed by atoms with Crippen molar-refractivity contribution < 1.29 is 17.9 Å². The molecule has 0 radical (unpaired) electrons. The van der Waals surface area contributed by atoms with Crippen LogP contribution in [-0.2, 0) is 10.0 Å². The number of fused-ring (bicyclic) bond motifs is 1. The van der Waals surface area contributed by atoms with Crippen LogP contribution < -0.4 is 19.9 Å². The van der Waals surface area contributed by atoms with E-state index in [1.165, 1.54) is 0 Å². The van der Waals surface area contributed by atoms with Gasteiger partial charge in [-0.2, -0.15) is 0 Å². The van der Waals surface area contributed by atoms with Crippen molar-refractivity contribution in [1.29, 1.82) is 0 Å². The smallest absolute Gasteiger partial charge is 0.235 e. The van der Waals surface area contributed by atoms with E-state index in [2.05, 4.69) is 4.72 Å². The van der Waals surface area contributed by atoms with Crippen LogP contribution in [0.25, 0.3) is 0 Å². The minimum atomic E-state index is -3.31. The molecule has 1 fully saturated rings. The Labute approximate surface area is 98.8 Å². The fraction of sp³-hybridized carbons (Fsp3) is 0.400. The first kappa shape index (κ1) is 10.5. The van der Waals surface area contributed by atoms with Gasteiger partial charge in [0.05, 0.1) is 16.6 Å². The third-order valence-corrected chi connectivity index (χ3v) is 4.61. The number of rotatable bonds is 3. The van der Waals surface area contributed by atoms with E-state index < -0.39 is 10.0 Å². The Bertz CT molecular complexity index is 566. The first-order chi connectivity index (χ1) is 8.06. The van der Waals surface area contributed by atoms with E-state index in [0.29, 0.717) is 35.7 Å². The van der Waals surface area contributed by atoms with Crippen LogP contribution in [0.3, 0.4) is 0 Å². The van der Waals surface area contributed by atoms with Crippen molar-refractivity contribution >= 4 is 21.4 Å². The lowest BCUT2D eigenvalue weighted by atomic mass is 10.2. The summed E-state index contributed by atoms with van der Waals surface area (Å²) in [4.78, 5) is 0. The summed E-state index contributed by atoms with van der Waals surface area (Å²) in [5.41, 5.74) is 6.44. The van der Waals surface area contributed by atoms with Gasteiger partial charge in [-0.15, -0.1) is 0 Å². The van der Waals surface area contributed by atoms with Gasteiger partial charge in [0.15, 0.2) is 11.5 Å². The second kappa shape index (κ2) is 3.43. The molecule has 0 atom stereocenters.